The first-order chi connectivity index (χ1) is 25.9. The van der Waals surface area contributed by atoms with E-state index in [4.69, 9.17) is 30.0 Å². The van der Waals surface area contributed by atoms with Gasteiger partial charge in [0.05, 0.1) is 24.4 Å². The molecule has 2 unspecified atom stereocenters. The highest BCUT2D eigenvalue weighted by Crippen LogP contribution is 2.39. The number of piperazine rings is 2. The van der Waals surface area contributed by atoms with Crippen molar-refractivity contribution in [2.24, 2.45) is 0 Å². The summed E-state index contributed by atoms with van der Waals surface area (Å²) in [4.78, 5) is 29.7. The first kappa shape index (κ1) is 36.3. The SMILES string of the molecule is COCOc1ccccc1-c1cc(N2CC3CCC(C2)N3c2ccnc(CCCOCCN3CCN(c4ccc(CC(=O)O)cn4)CC3)c2)c(N)nn1. The van der Waals surface area contributed by atoms with Gasteiger partial charge in [-0.2, -0.15) is 0 Å². The van der Waals surface area contributed by atoms with Crippen molar-refractivity contribution in [3.63, 3.8) is 0 Å². The summed E-state index contributed by atoms with van der Waals surface area (Å²) in [7, 11) is 1.60. The Labute approximate surface area is 310 Å². The number of hydrogen-bond acceptors (Lipinski definition) is 13. The van der Waals surface area contributed by atoms with Crippen molar-refractivity contribution in [3.05, 3.63) is 78.2 Å². The normalized spacial score (nSPS) is 18.8. The lowest BCUT2D eigenvalue weighted by atomic mass is 10.1. The van der Waals surface area contributed by atoms with E-state index in [0.717, 1.165) is 106 Å². The van der Waals surface area contributed by atoms with Crippen molar-refractivity contribution in [3.8, 4) is 17.0 Å². The Hall–Kier alpha value is -5.05. The zero-order valence-electron chi connectivity index (χ0n) is 30.3. The van der Waals surface area contributed by atoms with Crippen molar-refractivity contribution in [1.82, 2.24) is 25.1 Å². The lowest BCUT2D eigenvalue weighted by molar-refractivity contribution is -0.136. The monoisotopic (exact) mass is 723 g/mol. The minimum absolute atomic E-state index is 0.00245. The van der Waals surface area contributed by atoms with E-state index in [1.165, 1.54) is 5.69 Å². The average Bonchev–Trinajstić information content (AvgIpc) is 3.45. The number of aromatic nitrogens is 4. The molecule has 7 rings (SSSR count). The number of methoxy groups -OCH3 is 1. The number of carboxylic acids is 1. The van der Waals surface area contributed by atoms with E-state index in [1.54, 1.807) is 13.3 Å². The van der Waals surface area contributed by atoms with E-state index in [2.05, 4.69) is 46.9 Å². The van der Waals surface area contributed by atoms with Crippen molar-refractivity contribution in [2.75, 3.05) is 93.4 Å². The van der Waals surface area contributed by atoms with Crippen LogP contribution in [0.2, 0.25) is 0 Å². The number of ether oxygens (including phenoxy) is 3. The molecule has 53 heavy (non-hydrogen) atoms. The molecule has 0 aliphatic carbocycles. The largest absolute Gasteiger partial charge is 0.481 e. The topological polar surface area (TPSA) is 156 Å². The molecule has 6 heterocycles. The van der Waals surface area contributed by atoms with Crippen LogP contribution in [0.25, 0.3) is 11.3 Å². The van der Waals surface area contributed by atoms with E-state index in [9.17, 15) is 4.79 Å². The molecule has 3 N–H and O–H groups in total. The molecular formula is C39H49N9O5. The molecule has 280 valence electrons. The first-order valence-electron chi connectivity index (χ1n) is 18.5. The molecule has 2 bridgehead atoms. The van der Waals surface area contributed by atoms with Crippen molar-refractivity contribution in [2.45, 2.75) is 44.2 Å². The number of para-hydroxylation sites is 1. The number of carbonyl (C=O) groups is 1. The number of anilines is 4. The van der Waals surface area contributed by atoms with Crippen LogP contribution in [0.15, 0.2) is 67.0 Å². The second-order valence-corrected chi connectivity index (χ2v) is 13.9. The maximum atomic E-state index is 10.9. The molecule has 3 fully saturated rings. The predicted octanol–water partition coefficient (Wildman–Crippen LogP) is 3.75. The summed E-state index contributed by atoms with van der Waals surface area (Å²) >= 11 is 0. The van der Waals surface area contributed by atoms with E-state index >= 15 is 0 Å². The van der Waals surface area contributed by atoms with Gasteiger partial charge < -0.3 is 39.8 Å². The number of hydrogen-bond donors (Lipinski definition) is 2. The molecule has 3 saturated heterocycles. The molecule has 14 heteroatoms. The van der Waals surface area contributed by atoms with Gasteiger partial charge in [-0.05, 0) is 67.6 Å². The van der Waals surface area contributed by atoms with Crippen molar-refractivity contribution < 1.29 is 24.1 Å². The molecular weight excluding hydrogens is 674 g/mol. The van der Waals surface area contributed by atoms with Gasteiger partial charge in [-0.3, -0.25) is 14.7 Å². The molecule has 3 aromatic heterocycles. The summed E-state index contributed by atoms with van der Waals surface area (Å²) < 4.78 is 16.9. The molecule has 4 aromatic rings. The number of aliphatic carboxylic acids is 1. The number of aryl methyl sites for hydroxylation is 1. The molecule has 0 radical (unpaired) electrons. The summed E-state index contributed by atoms with van der Waals surface area (Å²) in [6.07, 6.45) is 7.65. The fraction of sp³-hybridized carbons (Fsp3) is 0.462. The Morgan fingerprint density at radius 1 is 0.943 bits per heavy atom. The van der Waals surface area contributed by atoms with Crippen LogP contribution in [-0.4, -0.2) is 121 Å². The van der Waals surface area contributed by atoms with Gasteiger partial charge in [0.2, 0.25) is 0 Å². The van der Waals surface area contributed by atoms with Gasteiger partial charge in [-0.1, -0.05) is 18.2 Å². The van der Waals surface area contributed by atoms with Crippen LogP contribution >= 0.6 is 0 Å². The molecule has 2 atom stereocenters. The fourth-order valence-corrected chi connectivity index (χ4v) is 7.72. The minimum atomic E-state index is -0.843. The molecule has 0 amide bonds. The van der Waals surface area contributed by atoms with Gasteiger partial charge in [0.1, 0.15) is 11.6 Å². The standard InChI is InChI=1S/C39H49N9O5/c1-51-27-53-36-7-3-2-6-33(36)34-23-35(39(40)44-43-34)47-25-31-9-10-32(26-47)48(31)30-12-13-41-29(22-30)5-4-19-52-20-18-45-14-16-46(17-15-45)37-11-8-28(24-42-37)21-38(49)50/h2-3,6-8,11-13,22-24,31-32H,4-5,9-10,14-21,25-27H2,1H3,(H2,40,44)(H,49,50). The zero-order chi connectivity index (χ0) is 36.6. The van der Waals surface area contributed by atoms with Crippen LogP contribution in [0, 0.1) is 0 Å². The minimum Gasteiger partial charge on any atom is -0.481 e. The van der Waals surface area contributed by atoms with Gasteiger partial charge in [-0.15, -0.1) is 10.2 Å². The third-order valence-electron chi connectivity index (χ3n) is 10.4. The molecule has 3 aliphatic rings. The Morgan fingerprint density at radius 3 is 2.51 bits per heavy atom. The fourth-order valence-electron chi connectivity index (χ4n) is 7.72. The molecule has 0 spiro atoms. The summed E-state index contributed by atoms with van der Waals surface area (Å²) in [6, 6.07) is 18.7. The first-order valence-corrected chi connectivity index (χ1v) is 18.5. The third-order valence-corrected chi connectivity index (χ3v) is 10.4. The Kier molecular flexibility index (Phi) is 11.8. The van der Waals surface area contributed by atoms with Crippen LogP contribution in [0.5, 0.6) is 5.75 Å². The van der Waals surface area contributed by atoms with Crippen LogP contribution in [-0.2, 0) is 27.1 Å². The number of benzene rings is 1. The lowest BCUT2D eigenvalue weighted by Gasteiger charge is -2.43. The maximum Gasteiger partial charge on any atom is 0.307 e. The van der Waals surface area contributed by atoms with E-state index < -0.39 is 5.97 Å². The number of rotatable bonds is 16. The summed E-state index contributed by atoms with van der Waals surface area (Å²) in [5.74, 6) is 1.18. The van der Waals surface area contributed by atoms with Crippen LogP contribution in [0.3, 0.4) is 0 Å². The van der Waals surface area contributed by atoms with Gasteiger partial charge in [0, 0.05) is 101 Å². The zero-order valence-corrected chi connectivity index (χ0v) is 30.3. The van der Waals surface area contributed by atoms with Gasteiger partial charge in [0.25, 0.3) is 0 Å². The van der Waals surface area contributed by atoms with Gasteiger partial charge in [0.15, 0.2) is 12.6 Å². The number of carboxylic acid groups (broad SMARTS) is 1. The molecule has 1 aromatic carbocycles. The summed E-state index contributed by atoms with van der Waals surface area (Å²) in [5.41, 5.74) is 12.0. The molecule has 0 saturated carbocycles. The van der Waals surface area contributed by atoms with E-state index in [-0.39, 0.29) is 13.2 Å². The Morgan fingerprint density at radius 2 is 1.75 bits per heavy atom. The van der Waals surface area contributed by atoms with Crippen LogP contribution in [0.1, 0.15) is 30.5 Å². The van der Waals surface area contributed by atoms with Gasteiger partial charge >= 0.3 is 5.97 Å². The lowest BCUT2D eigenvalue weighted by Crippen LogP contribution is -2.54. The second-order valence-electron chi connectivity index (χ2n) is 13.9. The molecule has 3 aliphatic heterocycles. The Bertz CT molecular complexity index is 1810. The van der Waals surface area contributed by atoms with E-state index in [0.29, 0.717) is 36.9 Å². The Balaban J connectivity index is 0.861. The highest BCUT2D eigenvalue weighted by Gasteiger charge is 2.41. The summed E-state index contributed by atoms with van der Waals surface area (Å²) in [5, 5.41) is 17.7. The summed E-state index contributed by atoms with van der Waals surface area (Å²) in [6.45, 7) is 7.84. The van der Waals surface area contributed by atoms with Crippen molar-refractivity contribution in [1.29, 1.82) is 0 Å². The van der Waals surface area contributed by atoms with Crippen molar-refractivity contribution >= 4 is 29.0 Å². The number of nitrogens with zero attached hydrogens (tertiary/aromatic N) is 8. The number of nitrogen functional groups attached to an aromatic ring is 1. The van der Waals surface area contributed by atoms with Crippen LogP contribution < -0.4 is 25.2 Å². The maximum absolute atomic E-state index is 10.9. The predicted molar refractivity (Wildman–Crippen MR) is 203 cm³/mol. The van der Waals surface area contributed by atoms with Crippen LogP contribution in [0.4, 0.5) is 23.0 Å². The number of fused-ring (bicyclic) bond motifs is 2. The highest BCUT2D eigenvalue weighted by atomic mass is 16.7. The smallest absolute Gasteiger partial charge is 0.307 e. The highest BCUT2D eigenvalue weighted by molar-refractivity contribution is 5.75. The van der Waals surface area contributed by atoms with E-state index in [1.807, 2.05) is 48.7 Å². The van der Waals surface area contributed by atoms with Gasteiger partial charge in [-0.25, -0.2) is 4.98 Å². The third kappa shape index (κ3) is 8.95. The quantitative estimate of drug-likeness (QED) is 0.127. The number of nitrogens with two attached hydrogens (primary N) is 1. The average molecular weight is 724 g/mol. The number of pyridine rings is 2. The second kappa shape index (κ2) is 17.2. The molecule has 14 nitrogen and oxygen atoms in total.